The second-order valence-corrected chi connectivity index (χ2v) is 3.80. The molecular formula is C9H19N5. The first kappa shape index (κ1) is 11.1. The van der Waals surface area contributed by atoms with Crippen molar-refractivity contribution >= 4 is 0 Å². The van der Waals surface area contributed by atoms with E-state index in [1.807, 2.05) is 4.68 Å². The largest absolute Gasteiger partial charge is 0.310 e. The van der Waals surface area contributed by atoms with E-state index in [0.717, 1.165) is 18.9 Å². The number of nitrogens with zero attached hydrogens (tertiary/aromatic N) is 4. The Labute approximate surface area is 84.9 Å². The average Bonchev–Trinajstić information content (AvgIpc) is 2.61. The Bertz CT molecular complexity index is 268. The molecule has 0 aliphatic carbocycles. The first-order chi connectivity index (χ1) is 6.66. The van der Waals surface area contributed by atoms with E-state index in [4.69, 9.17) is 0 Å². The Morgan fingerprint density at radius 1 is 1.36 bits per heavy atom. The SMILES string of the molecule is CCNCc1nnnn1C(C)C(C)C. The van der Waals surface area contributed by atoms with Gasteiger partial charge < -0.3 is 5.32 Å². The molecular weight excluding hydrogens is 178 g/mol. The highest BCUT2D eigenvalue weighted by atomic mass is 15.6. The molecule has 1 N–H and O–H groups in total. The molecule has 0 aliphatic rings. The van der Waals surface area contributed by atoms with Crippen molar-refractivity contribution in [3.63, 3.8) is 0 Å². The molecule has 80 valence electrons. The lowest BCUT2D eigenvalue weighted by atomic mass is 10.1. The number of aromatic nitrogens is 4. The molecule has 0 fully saturated rings. The average molecular weight is 197 g/mol. The van der Waals surface area contributed by atoms with Crippen LogP contribution in [0.25, 0.3) is 0 Å². The van der Waals surface area contributed by atoms with Gasteiger partial charge >= 0.3 is 0 Å². The summed E-state index contributed by atoms with van der Waals surface area (Å²) < 4.78 is 1.90. The Kier molecular flexibility index (Phi) is 4.00. The minimum absolute atomic E-state index is 0.346. The number of hydrogen-bond acceptors (Lipinski definition) is 4. The van der Waals surface area contributed by atoms with Crippen molar-refractivity contribution in [2.45, 2.75) is 40.3 Å². The van der Waals surface area contributed by atoms with Gasteiger partial charge in [0.1, 0.15) is 0 Å². The lowest BCUT2D eigenvalue weighted by Gasteiger charge is -2.16. The topological polar surface area (TPSA) is 55.6 Å². The second kappa shape index (κ2) is 5.05. The molecule has 14 heavy (non-hydrogen) atoms. The van der Waals surface area contributed by atoms with E-state index >= 15 is 0 Å². The maximum Gasteiger partial charge on any atom is 0.165 e. The van der Waals surface area contributed by atoms with Gasteiger partial charge in [-0.2, -0.15) is 0 Å². The van der Waals surface area contributed by atoms with E-state index < -0.39 is 0 Å². The van der Waals surface area contributed by atoms with E-state index in [1.54, 1.807) is 0 Å². The van der Waals surface area contributed by atoms with Gasteiger partial charge in [-0.25, -0.2) is 4.68 Å². The van der Waals surface area contributed by atoms with Crippen LogP contribution in [0, 0.1) is 5.92 Å². The van der Waals surface area contributed by atoms with Crippen molar-refractivity contribution in [1.82, 2.24) is 25.5 Å². The third-order valence-corrected chi connectivity index (χ3v) is 2.44. The number of hydrogen-bond donors (Lipinski definition) is 1. The van der Waals surface area contributed by atoms with Crippen molar-refractivity contribution in [3.8, 4) is 0 Å². The first-order valence-corrected chi connectivity index (χ1v) is 5.14. The van der Waals surface area contributed by atoms with Crippen LogP contribution in [0.4, 0.5) is 0 Å². The Morgan fingerprint density at radius 2 is 2.07 bits per heavy atom. The van der Waals surface area contributed by atoms with Gasteiger partial charge in [0, 0.05) is 0 Å². The van der Waals surface area contributed by atoms with Gasteiger partial charge in [-0.1, -0.05) is 20.8 Å². The molecule has 0 amide bonds. The molecule has 1 unspecified atom stereocenters. The Hall–Kier alpha value is -0.970. The Morgan fingerprint density at radius 3 is 2.64 bits per heavy atom. The van der Waals surface area contributed by atoms with Crippen molar-refractivity contribution in [3.05, 3.63) is 5.82 Å². The number of tetrazole rings is 1. The maximum absolute atomic E-state index is 4.01. The molecule has 1 aromatic heterocycles. The fourth-order valence-electron chi connectivity index (χ4n) is 1.16. The quantitative estimate of drug-likeness (QED) is 0.765. The molecule has 1 heterocycles. The van der Waals surface area contributed by atoms with Crippen LogP contribution in [0.5, 0.6) is 0 Å². The van der Waals surface area contributed by atoms with Crippen LogP contribution in [0.2, 0.25) is 0 Å². The fourth-order valence-corrected chi connectivity index (χ4v) is 1.16. The van der Waals surface area contributed by atoms with E-state index in [-0.39, 0.29) is 0 Å². The normalized spacial score (nSPS) is 13.5. The summed E-state index contributed by atoms with van der Waals surface area (Å²) in [4.78, 5) is 0. The lowest BCUT2D eigenvalue weighted by Crippen LogP contribution is -2.21. The van der Waals surface area contributed by atoms with E-state index in [2.05, 4.69) is 48.5 Å². The molecule has 1 atom stereocenters. The van der Waals surface area contributed by atoms with Crippen LogP contribution in [0.3, 0.4) is 0 Å². The molecule has 0 saturated carbocycles. The standard InChI is InChI=1S/C9H19N5/c1-5-10-6-9-11-12-13-14(9)8(4)7(2)3/h7-8,10H,5-6H2,1-4H3. The minimum Gasteiger partial charge on any atom is -0.310 e. The van der Waals surface area contributed by atoms with Crippen molar-refractivity contribution in [2.75, 3.05) is 6.54 Å². The van der Waals surface area contributed by atoms with Crippen LogP contribution in [0.15, 0.2) is 0 Å². The van der Waals surface area contributed by atoms with Crippen molar-refractivity contribution in [1.29, 1.82) is 0 Å². The van der Waals surface area contributed by atoms with Gasteiger partial charge in [0.15, 0.2) is 5.82 Å². The first-order valence-electron chi connectivity index (χ1n) is 5.14. The summed E-state index contributed by atoms with van der Waals surface area (Å²) in [5.74, 6) is 1.45. The summed E-state index contributed by atoms with van der Waals surface area (Å²) in [5.41, 5.74) is 0. The second-order valence-electron chi connectivity index (χ2n) is 3.80. The molecule has 1 rings (SSSR count). The van der Waals surface area contributed by atoms with Gasteiger partial charge in [-0.3, -0.25) is 0 Å². The van der Waals surface area contributed by atoms with Gasteiger partial charge in [-0.15, -0.1) is 5.10 Å². The number of nitrogens with one attached hydrogen (secondary N) is 1. The van der Waals surface area contributed by atoms with Crippen LogP contribution in [0.1, 0.15) is 39.6 Å². The van der Waals surface area contributed by atoms with Gasteiger partial charge in [-0.05, 0) is 29.8 Å². The van der Waals surface area contributed by atoms with Crippen LogP contribution in [-0.4, -0.2) is 26.8 Å². The fraction of sp³-hybridized carbons (Fsp3) is 0.889. The van der Waals surface area contributed by atoms with E-state index in [0.29, 0.717) is 12.0 Å². The summed E-state index contributed by atoms with van der Waals surface area (Å²) >= 11 is 0. The molecule has 5 heteroatoms. The zero-order chi connectivity index (χ0) is 10.6. The minimum atomic E-state index is 0.346. The Balaban J connectivity index is 2.71. The van der Waals surface area contributed by atoms with Crippen LogP contribution in [-0.2, 0) is 6.54 Å². The smallest absolute Gasteiger partial charge is 0.165 e. The molecule has 5 nitrogen and oxygen atoms in total. The van der Waals surface area contributed by atoms with Gasteiger partial charge in [0.25, 0.3) is 0 Å². The third kappa shape index (κ3) is 2.51. The molecule has 0 radical (unpaired) electrons. The summed E-state index contributed by atoms with van der Waals surface area (Å²) in [6, 6.07) is 0.346. The highest BCUT2D eigenvalue weighted by Gasteiger charge is 2.15. The molecule has 0 spiro atoms. The van der Waals surface area contributed by atoms with Gasteiger partial charge in [0.2, 0.25) is 0 Å². The molecule has 0 bridgehead atoms. The van der Waals surface area contributed by atoms with Crippen molar-refractivity contribution in [2.24, 2.45) is 5.92 Å². The monoisotopic (exact) mass is 197 g/mol. The molecule has 0 aliphatic heterocycles. The summed E-state index contributed by atoms with van der Waals surface area (Å²) in [5, 5.41) is 14.9. The third-order valence-electron chi connectivity index (χ3n) is 2.44. The zero-order valence-electron chi connectivity index (χ0n) is 9.36. The predicted molar refractivity (Wildman–Crippen MR) is 54.7 cm³/mol. The summed E-state index contributed by atoms with van der Waals surface area (Å²) in [6.07, 6.45) is 0. The predicted octanol–water partition coefficient (Wildman–Crippen LogP) is 1.000. The van der Waals surface area contributed by atoms with Crippen molar-refractivity contribution < 1.29 is 0 Å². The van der Waals surface area contributed by atoms with Gasteiger partial charge in [0.05, 0.1) is 12.6 Å². The van der Waals surface area contributed by atoms with E-state index in [9.17, 15) is 0 Å². The number of rotatable bonds is 5. The maximum atomic E-state index is 4.01. The highest BCUT2D eigenvalue weighted by molar-refractivity contribution is 4.83. The van der Waals surface area contributed by atoms with Crippen LogP contribution >= 0.6 is 0 Å². The molecule has 0 aromatic carbocycles. The lowest BCUT2D eigenvalue weighted by molar-refractivity contribution is 0.355. The molecule has 0 saturated heterocycles. The zero-order valence-corrected chi connectivity index (χ0v) is 9.36. The van der Waals surface area contributed by atoms with Crippen LogP contribution < -0.4 is 5.32 Å². The summed E-state index contributed by atoms with van der Waals surface area (Å²) in [7, 11) is 0. The molecule has 1 aromatic rings. The van der Waals surface area contributed by atoms with E-state index in [1.165, 1.54) is 0 Å². The highest BCUT2D eigenvalue weighted by Crippen LogP contribution is 2.15. The summed E-state index contributed by atoms with van der Waals surface area (Å²) in [6.45, 7) is 10.2.